The summed E-state index contributed by atoms with van der Waals surface area (Å²) in [6.07, 6.45) is 4.56. The molecule has 2 aromatic rings. The number of hydrogen-bond acceptors (Lipinski definition) is 4. The maximum Gasteiger partial charge on any atom is 0.311 e. The number of amides is 1. The third kappa shape index (κ3) is 6.42. The molecule has 3 rings (SSSR count). The van der Waals surface area contributed by atoms with Crippen LogP contribution in [0.25, 0.3) is 0 Å². The van der Waals surface area contributed by atoms with Crippen LogP contribution < -0.4 is 5.32 Å². The molecule has 1 saturated carbocycles. The molecule has 0 aliphatic heterocycles. The van der Waals surface area contributed by atoms with E-state index < -0.39 is 23.8 Å². The third-order valence-corrected chi connectivity index (χ3v) is 5.50. The van der Waals surface area contributed by atoms with Crippen LogP contribution in [0.4, 0.5) is 0 Å². The molecule has 0 radical (unpaired) electrons. The number of hydrogen-bond donors (Lipinski definition) is 1. The summed E-state index contributed by atoms with van der Waals surface area (Å²) < 4.78 is 5.40. The van der Waals surface area contributed by atoms with Crippen molar-refractivity contribution in [2.45, 2.75) is 57.1 Å². The maximum absolute atomic E-state index is 13.0. The molecular formula is C24H26ClNO4. The second kappa shape index (κ2) is 10.9. The Labute approximate surface area is 181 Å². The number of carbonyl (C=O) groups excluding carboxylic acids is 3. The first-order valence-electron chi connectivity index (χ1n) is 10.4. The molecule has 0 saturated heterocycles. The van der Waals surface area contributed by atoms with Gasteiger partial charge in [0.1, 0.15) is 0 Å². The van der Waals surface area contributed by atoms with Crippen LogP contribution in [0.15, 0.2) is 54.6 Å². The summed E-state index contributed by atoms with van der Waals surface area (Å²) in [5, 5.41) is 3.41. The highest BCUT2D eigenvalue weighted by atomic mass is 35.5. The summed E-state index contributed by atoms with van der Waals surface area (Å²) in [4.78, 5) is 38.5. The van der Waals surface area contributed by atoms with E-state index in [4.69, 9.17) is 16.3 Å². The van der Waals surface area contributed by atoms with E-state index in [1.54, 1.807) is 24.3 Å². The summed E-state index contributed by atoms with van der Waals surface area (Å²) in [5.74, 6) is -1.74. The van der Waals surface area contributed by atoms with Crippen molar-refractivity contribution in [1.82, 2.24) is 5.32 Å². The Hall–Kier alpha value is -2.66. The Bertz CT molecular complexity index is 859. The topological polar surface area (TPSA) is 72.5 Å². The lowest BCUT2D eigenvalue weighted by atomic mass is 10.0. The van der Waals surface area contributed by atoms with Gasteiger partial charge in [0.15, 0.2) is 0 Å². The number of Topliss-reactive ketones (excluding diaryl/α,β-unsaturated/α-hetero) is 1. The number of ether oxygens (including phenoxy) is 1. The smallest absolute Gasteiger partial charge is 0.311 e. The largest absolute Gasteiger partial charge is 0.443 e. The summed E-state index contributed by atoms with van der Waals surface area (Å²) in [6.45, 7) is 0. The zero-order valence-corrected chi connectivity index (χ0v) is 17.6. The zero-order valence-electron chi connectivity index (χ0n) is 16.8. The predicted molar refractivity (Wildman–Crippen MR) is 115 cm³/mol. The van der Waals surface area contributed by atoms with Crippen LogP contribution in [0.2, 0.25) is 5.02 Å². The van der Waals surface area contributed by atoms with Gasteiger partial charge < -0.3 is 10.1 Å². The summed E-state index contributed by atoms with van der Waals surface area (Å²) in [5.41, 5.74) is 1.03. The van der Waals surface area contributed by atoms with Crippen LogP contribution in [0.5, 0.6) is 0 Å². The molecule has 0 aromatic heterocycles. The normalized spacial score (nSPS) is 15.6. The SMILES string of the molecule is O=C(Cc1ccccc1)OC(C(=O)NC1CCCCCC1)C(=O)c1ccc(Cl)cc1. The van der Waals surface area contributed by atoms with Crippen molar-refractivity contribution >= 4 is 29.3 Å². The first-order chi connectivity index (χ1) is 14.5. The van der Waals surface area contributed by atoms with Gasteiger partial charge in [-0.2, -0.15) is 0 Å². The Morgan fingerprint density at radius 1 is 0.933 bits per heavy atom. The van der Waals surface area contributed by atoms with E-state index in [1.165, 1.54) is 12.1 Å². The van der Waals surface area contributed by atoms with E-state index in [0.717, 1.165) is 44.1 Å². The van der Waals surface area contributed by atoms with Gasteiger partial charge in [0.05, 0.1) is 6.42 Å². The fourth-order valence-electron chi connectivity index (χ4n) is 3.63. The van der Waals surface area contributed by atoms with Gasteiger partial charge in [-0.3, -0.25) is 14.4 Å². The van der Waals surface area contributed by atoms with Gasteiger partial charge in [-0.05, 0) is 42.7 Å². The molecule has 1 aliphatic carbocycles. The molecule has 1 amide bonds. The van der Waals surface area contributed by atoms with Crippen LogP contribution in [-0.2, 0) is 20.7 Å². The number of carbonyl (C=O) groups is 3. The number of ketones is 1. The molecule has 30 heavy (non-hydrogen) atoms. The first-order valence-corrected chi connectivity index (χ1v) is 10.7. The van der Waals surface area contributed by atoms with Crippen LogP contribution in [0, 0.1) is 0 Å². The first kappa shape index (κ1) is 22.0. The number of nitrogens with one attached hydrogen (secondary N) is 1. The van der Waals surface area contributed by atoms with Crippen molar-refractivity contribution in [2.75, 3.05) is 0 Å². The minimum Gasteiger partial charge on any atom is -0.443 e. The third-order valence-electron chi connectivity index (χ3n) is 5.25. The molecule has 1 atom stereocenters. The van der Waals surface area contributed by atoms with E-state index in [1.807, 2.05) is 18.2 Å². The van der Waals surface area contributed by atoms with E-state index in [9.17, 15) is 14.4 Å². The Morgan fingerprint density at radius 3 is 2.20 bits per heavy atom. The van der Waals surface area contributed by atoms with Crippen molar-refractivity contribution in [3.8, 4) is 0 Å². The standard InChI is InChI=1S/C24H26ClNO4/c25-19-14-12-18(13-15-19)22(28)23(24(29)26-20-10-6-1-2-7-11-20)30-21(27)16-17-8-4-3-5-9-17/h3-5,8-9,12-15,20,23H,1-2,6-7,10-11,16H2,(H,26,29). The highest BCUT2D eigenvalue weighted by Gasteiger charge is 2.33. The van der Waals surface area contributed by atoms with Gasteiger partial charge in [-0.25, -0.2) is 0 Å². The molecule has 1 unspecified atom stereocenters. The monoisotopic (exact) mass is 427 g/mol. The highest BCUT2D eigenvalue weighted by Crippen LogP contribution is 2.18. The number of benzene rings is 2. The fraction of sp³-hybridized carbons (Fsp3) is 0.375. The average Bonchev–Trinajstić information content (AvgIpc) is 3.01. The van der Waals surface area contributed by atoms with E-state index >= 15 is 0 Å². The van der Waals surface area contributed by atoms with Crippen molar-refractivity contribution < 1.29 is 19.1 Å². The molecule has 1 fully saturated rings. The van der Waals surface area contributed by atoms with Gasteiger partial charge in [0.2, 0.25) is 11.9 Å². The second-order valence-corrected chi connectivity index (χ2v) is 8.04. The van der Waals surface area contributed by atoms with Gasteiger partial charge in [0, 0.05) is 16.6 Å². The summed E-state index contributed by atoms with van der Waals surface area (Å²) in [6, 6.07) is 15.3. The lowest BCUT2D eigenvalue weighted by Gasteiger charge is -2.21. The van der Waals surface area contributed by atoms with E-state index in [0.29, 0.717) is 5.02 Å². The van der Waals surface area contributed by atoms with Crippen molar-refractivity contribution in [2.24, 2.45) is 0 Å². The number of rotatable bonds is 7. The molecule has 6 heteroatoms. The lowest BCUT2D eigenvalue weighted by molar-refractivity contribution is -0.152. The summed E-state index contributed by atoms with van der Waals surface area (Å²) in [7, 11) is 0. The molecule has 0 heterocycles. The van der Waals surface area contributed by atoms with Gasteiger partial charge in [-0.15, -0.1) is 0 Å². The average molecular weight is 428 g/mol. The molecule has 0 spiro atoms. The van der Waals surface area contributed by atoms with Crippen molar-refractivity contribution in [3.63, 3.8) is 0 Å². The van der Waals surface area contributed by atoms with Crippen LogP contribution >= 0.6 is 11.6 Å². The van der Waals surface area contributed by atoms with Crippen LogP contribution in [-0.4, -0.2) is 29.8 Å². The molecule has 2 aromatic carbocycles. The number of halogens is 1. The lowest BCUT2D eigenvalue weighted by Crippen LogP contribution is -2.47. The quantitative estimate of drug-likeness (QED) is 0.305. The van der Waals surface area contributed by atoms with Crippen LogP contribution in [0.1, 0.15) is 54.4 Å². The van der Waals surface area contributed by atoms with Crippen molar-refractivity contribution in [3.05, 3.63) is 70.7 Å². The van der Waals surface area contributed by atoms with Gasteiger partial charge in [-0.1, -0.05) is 67.6 Å². The molecule has 1 N–H and O–H groups in total. The van der Waals surface area contributed by atoms with Gasteiger partial charge >= 0.3 is 5.97 Å². The molecular weight excluding hydrogens is 402 g/mol. The number of esters is 1. The van der Waals surface area contributed by atoms with E-state index in [2.05, 4.69) is 5.32 Å². The predicted octanol–water partition coefficient (Wildman–Crippen LogP) is 4.52. The zero-order chi connectivity index (χ0) is 21.3. The second-order valence-electron chi connectivity index (χ2n) is 7.60. The molecule has 0 bridgehead atoms. The van der Waals surface area contributed by atoms with Crippen LogP contribution in [0.3, 0.4) is 0 Å². The Kier molecular flexibility index (Phi) is 8.03. The molecule has 1 aliphatic rings. The summed E-state index contributed by atoms with van der Waals surface area (Å²) >= 11 is 5.90. The minimum atomic E-state index is -1.52. The molecule has 5 nitrogen and oxygen atoms in total. The maximum atomic E-state index is 13.0. The molecule has 158 valence electrons. The van der Waals surface area contributed by atoms with Gasteiger partial charge in [0.25, 0.3) is 5.91 Å². The Balaban J connectivity index is 1.74. The fourth-order valence-corrected chi connectivity index (χ4v) is 3.75. The minimum absolute atomic E-state index is 0.00616. The van der Waals surface area contributed by atoms with E-state index in [-0.39, 0.29) is 18.0 Å². The van der Waals surface area contributed by atoms with Crippen molar-refractivity contribution in [1.29, 1.82) is 0 Å². The Morgan fingerprint density at radius 2 is 1.57 bits per heavy atom. The highest BCUT2D eigenvalue weighted by molar-refractivity contribution is 6.30.